The molecule has 0 radical (unpaired) electrons. The highest BCUT2D eigenvalue weighted by Gasteiger charge is 2.15. The zero-order chi connectivity index (χ0) is 18.0. The summed E-state index contributed by atoms with van der Waals surface area (Å²) in [6, 6.07) is 0.386. The second-order valence-corrected chi connectivity index (χ2v) is 7.84. The lowest BCUT2D eigenvalue weighted by Crippen LogP contribution is -2.30. The van der Waals surface area contributed by atoms with Crippen LogP contribution in [0.4, 0.5) is 0 Å². The molecule has 0 amide bonds. The lowest BCUT2D eigenvalue weighted by molar-refractivity contribution is 0.274. The van der Waals surface area contributed by atoms with Gasteiger partial charge in [-0.15, -0.1) is 0 Å². The van der Waals surface area contributed by atoms with Crippen molar-refractivity contribution >= 4 is 5.84 Å². The monoisotopic (exact) mass is 352 g/mol. The summed E-state index contributed by atoms with van der Waals surface area (Å²) in [5, 5.41) is 12.4. The third-order valence-corrected chi connectivity index (χ3v) is 5.37. The molecule has 2 N–H and O–H groups in total. The summed E-state index contributed by atoms with van der Waals surface area (Å²) in [7, 11) is 0. The molecule has 0 saturated heterocycles. The molecular formula is C22H44N2O. The predicted molar refractivity (Wildman–Crippen MR) is 110 cm³/mol. The van der Waals surface area contributed by atoms with Gasteiger partial charge in [-0.25, -0.2) is 0 Å². The van der Waals surface area contributed by atoms with E-state index >= 15 is 0 Å². The number of nitrogens with one attached hydrogen (secondary N) is 1. The molecule has 1 heterocycles. The molecule has 25 heavy (non-hydrogen) atoms. The van der Waals surface area contributed by atoms with E-state index in [1.165, 1.54) is 102 Å². The van der Waals surface area contributed by atoms with Gasteiger partial charge in [-0.1, -0.05) is 96.8 Å². The number of aliphatic imine (C=N–C) groups is 1. The van der Waals surface area contributed by atoms with E-state index in [2.05, 4.69) is 17.2 Å². The largest absolute Gasteiger partial charge is 0.396 e. The van der Waals surface area contributed by atoms with Crippen molar-refractivity contribution in [1.29, 1.82) is 0 Å². The molecule has 148 valence electrons. The second kappa shape index (κ2) is 16.9. The van der Waals surface area contributed by atoms with E-state index in [1.807, 2.05) is 0 Å². The van der Waals surface area contributed by atoms with Gasteiger partial charge in [0.25, 0.3) is 0 Å². The van der Waals surface area contributed by atoms with Crippen LogP contribution in [0.2, 0.25) is 0 Å². The molecule has 0 aromatic carbocycles. The SMILES string of the molecule is CCCCCCCCCCCCCCCCCC1=NCC(CCO)N1. The molecule has 0 aromatic rings. The van der Waals surface area contributed by atoms with Crippen LogP contribution >= 0.6 is 0 Å². The lowest BCUT2D eigenvalue weighted by atomic mass is 10.0. The Balaban J connectivity index is 1.72. The van der Waals surface area contributed by atoms with Gasteiger partial charge in [0.15, 0.2) is 0 Å². The minimum atomic E-state index is 0.263. The van der Waals surface area contributed by atoms with Gasteiger partial charge in [0.05, 0.1) is 12.4 Å². The van der Waals surface area contributed by atoms with Crippen LogP contribution in [0.1, 0.15) is 116 Å². The zero-order valence-corrected chi connectivity index (χ0v) is 16.9. The first kappa shape index (κ1) is 22.5. The average molecular weight is 353 g/mol. The lowest BCUT2D eigenvalue weighted by Gasteiger charge is -2.09. The predicted octanol–water partition coefficient (Wildman–Crippen LogP) is 6.00. The molecule has 0 bridgehead atoms. The summed E-state index contributed by atoms with van der Waals surface area (Å²) in [6.07, 6.45) is 23.1. The van der Waals surface area contributed by atoms with Crippen molar-refractivity contribution in [3.8, 4) is 0 Å². The van der Waals surface area contributed by atoms with E-state index in [4.69, 9.17) is 5.11 Å². The molecular weight excluding hydrogens is 308 g/mol. The number of aliphatic hydroxyl groups is 1. The molecule has 3 heteroatoms. The number of rotatable bonds is 18. The van der Waals surface area contributed by atoms with Crippen molar-refractivity contribution in [3.05, 3.63) is 0 Å². The Morgan fingerprint density at radius 1 is 0.800 bits per heavy atom. The first-order valence-electron chi connectivity index (χ1n) is 11.3. The molecule has 0 saturated carbocycles. The maximum absolute atomic E-state index is 8.94. The molecule has 0 aromatic heterocycles. The van der Waals surface area contributed by atoms with Crippen molar-refractivity contribution in [2.75, 3.05) is 13.2 Å². The Kier molecular flexibility index (Phi) is 15.2. The maximum atomic E-state index is 8.94. The topological polar surface area (TPSA) is 44.6 Å². The van der Waals surface area contributed by atoms with E-state index in [9.17, 15) is 0 Å². The maximum Gasteiger partial charge on any atom is 0.0966 e. The fourth-order valence-electron chi connectivity index (χ4n) is 3.68. The summed E-state index contributed by atoms with van der Waals surface area (Å²) in [5.74, 6) is 1.17. The van der Waals surface area contributed by atoms with Gasteiger partial charge < -0.3 is 10.4 Å². The van der Waals surface area contributed by atoms with Crippen LogP contribution in [0.3, 0.4) is 0 Å². The van der Waals surface area contributed by atoms with Gasteiger partial charge in [-0.2, -0.15) is 0 Å². The molecule has 1 unspecified atom stereocenters. The van der Waals surface area contributed by atoms with Gasteiger partial charge in [0.2, 0.25) is 0 Å². The highest BCUT2D eigenvalue weighted by Crippen LogP contribution is 2.14. The van der Waals surface area contributed by atoms with Gasteiger partial charge in [-0.3, -0.25) is 4.99 Å². The summed E-state index contributed by atoms with van der Waals surface area (Å²) >= 11 is 0. The number of hydrogen-bond donors (Lipinski definition) is 2. The molecule has 0 aliphatic carbocycles. The fourth-order valence-corrected chi connectivity index (χ4v) is 3.68. The Labute approximate surface area is 157 Å². The minimum Gasteiger partial charge on any atom is -0.396 e. The summed E-state index contributed by atoms with van der Waals surface area (Å²) in [5.41, 5.74) is 0. The second-order valence-electron chi connectivity index (χ2n) is 7.84. The summed E-state index contributed by atoms with van der Waals surface area (Å²) in [6.45, 7) is 3.41. The Bertz CT molecular complexity index is 317. The smallest absolute Gasteiger partial charge is 0.0966 e. The van der Waals surface area contributed by atoms with E-state index < -0.39 is 0 Å². The van der Waals surface area contributed by atoms with Gasteiger partial charge >= 0.3 is 0 Å². The Morgan fingerprint density at radius 2 is 1.28 bits per heavy atom. The van der Waals surface area contributed by atoms with E-state index in [0.29, 0.717) is 6.04 Å². The number of nitrogens with zero attached hydrogens (tertiary/aromatic N) is 1. The van der Waals surface area contributed by atoms with E-state index in [-0.39, 0.29) is 6.61 Å². The van der Waals surface area contributed by atoms with Crippen molar-refractivity contribution in [2.24, 2.45) is 4.99 Å². The van der Waals surface area contributed by atoms with Crippen LogP contribution in [-0.4, -0.2) is 30.1 Å². The van der Waals surface area contributed by atoms with Crippen LogP contribution < -0.4 is 5.32 Å². The van der Waals surface area contributed by atoms with Crippen molar-refractivity contribution in [1.82, 2.24) is 5.32 Å². The number of amidine groups is 1. The number of aliphatic hydroxyl groups excluding tert-OH is 1. The van der Waals surface area contributed by atoms with E-state index in [1.54, 1.807) is 0 Å². The summed E-state index contributed by atoms with van der Waals surface area (Å²) in [4.78, 5) is 4.53. The van der Waals surface area contributed by atoms with Crippen LogP contribution in [0, 0.1) is 0 Å². The number of unbranched alkanes of at least 4 members (excludes halogenated alkanes) is 14. The quantitative estimate of drug-likeness (QED) is 0.297. The van der Waals surface area contributed by atoms with Gasteiger partial charge in [0, 0.05) is 19.1 Å². The van der Waals surface area contributed by atoms with E-state index in [0.717, 1.165) is 19.4 Å². The highest BCUT2D eigenvalue weighted by atomic mass is 16.3. The zero-order valence-electron chi connectivity index (χ0n) is 16.9. The Morgan fingerprint density at radius 3 is 1.76 bits per heavy atom. The van der Waals surface area contributed by atoms with Crippen LogP contribution in [0.15, 0.2) is 4.99 Å². The van der Waals surface area contributed by atoms with Gasteiger partial charge in [-0.05, 0) is 12.8 Å². The summed E-state index contributed by atoms with van der Waals surface area (Å²) < 4.78 is 0. The van der Waals surface area contributed by atoms with Crippen LogP contribution in [-0.2, 0) is 0 Å². The standard InChI is InChI=1S/C22H44N2O/c1-2-3-4-5-6-7-8-9-10-11-12-13-14-15-16-17-22-23-20-21(24-22)18-19-25/h21,25H,2-20H2,1H3,(H,23,24). The average Bonchev–Trinajstić information content (AvgIpc) is 3.06. The normalized spacial score (nSPS) is 16.9. The van der Waals surface area contributed by atoms with Crippen molar-refractivity contribution in [2.45, 2.75) is 122 Å². The molecule has 1 aliphatic rings. The first-order chi connectivity index (χ1) is 12.4. The minimum absolute atomic E-state index is 0.263. The van der Waals surface area contributed by atoms with Crippen molar-refractivity contribution < 1.29 is 5.11 Å². The third kappa shape index (κ3) is 13.3. The van der Waals surface area contributed by atoms with Gasteiger partial charge in [0.1, 0.15) is 0 Å². The Hall–Kier alpha value is -0.570. The molecule has 1 atom stereocenters. The number of hydrogen-bond acceptors (Lipinski definition) is 3. The fraction of sp³-hybridized carbons (Fsp3) is 0.955. The van der Waals surface area contributed by atoms with Crippen LogP contribution in [0.25, 0.3) is 0 Å². The highest BCUT2D eigenvalue weighted by molar-refractivity contribution is 5.83. The molecule has 0 fully saturated rings. The molecule has 1 rings (SSSR count). The molecule has 0 spiro atoms. The molecule has 3 nitrogen and oxygen atoms in total. The van der Waals surface area contributed by atoms with Crippen molar-refractivity contribution in [3.63, 3.8) is 0 Å². The third-order valence-electron chi connectivity index (χ3n) is 5.37. The first-order valence-corrected chi connectivity index (χ1v) is 11.3. The van der Waals surface area contributed by atoms with Crippen LogP contribution in [0.5, 0.6) is 0 Å². The molecule has 1 aliphatic heterocycles.